The predicted molar refractivity (Wildman–Crippen MR) is 192 cm³/mol. The summed E-state index contributed by atoms with van der Waals surface area (Å²) in [5.41, 5.74) is 4.33. The molecule has 0 saturated heterocycles. The number of hydrogen-bond acceptors (Lipinski definition) is 6. The van der Waals surface area contributed by atoms with Gasteiger partial charge in [0.2, 0.25) is 5.91 Å². The normalized spacial score (nSPS) is 12.8. The van der Waals surface area contributed by atoms with Gasteiger partial charge < -0.3 is 14.4 Å². The summed E-state index contributed by atoms with van der Waals surface area (Å²) in [6.07, 6.45) is 1.00. The third-order valence-corrected chi connectivity index (χ3v) is 8.67. The molecule has 0 N–H and O–H groups in total. The van der Waals surface area contributed by atoms with Crippen molar-refractivity contribution in [1.29, 1.82) is 0 Å². The molecule has 0 bridgehead atoms. The fraction of sp³-hybridized carbons (Fsp3) is 0.244. The lowest BCUT2D eigenvalue weighted by Crippen LogP contribution is -2.57. The van der Waals surface area contributed by atoms with E-state index < -0.39 is 30.1 Å². The van der Waals surface area contributed by atoms with Gasteiger partial charge in [0.1, 0.15) is 18.1 Å². The molecule has 0 aromatic heterocycles. The van der Waals surface area contributed by atoms with E-state index in [4.69, 9.17) is 9.47 Å². The van der Waals surface area contributed by atoms with E-state index in [0.717, 1.165) is 27.5 Å². The van der Waals surface area contributed by atoms with E-state index in [1.54, 1.807) is 20.8 Å². The third kappa shape index (κ3) is 7.74. The fourth-order valence-corrected chi connectivity index (χ4v) is 6.15. The van der Waals surface area contributed by atoms with Crippen molar-refractivity contribution >= 4 is 40.0 Å². The Morgan fingerprint density at radius 1 is 0.646 bits per heavy atom. The number of aryl methyl sites for hydroxylation is 1. The number of anilines is 2. The van der Waals surface area contributed by atoms with Crippen molar-refractivity contribution in [2.45, 2.75) is 51.7 Å². The maximum atomic E-state index is 14.8. The average molecular weight is 643 g/mol. The van der Waals surface area contributed by atoms with Gasteiger partial charge in [-0.25, -0.2) is 9.59 Å². The minimum atomic E-state index is -0.934. The monoisotopic (exact) mass is 642 g/mol. The first-order valence-corrected chi connectivity index (χ1v) is 16.4. The Morgan fingerprint density at radius 3 is 1.88 bits per heavy atom. The molecule has 0 radical (unpaired) electrons. The van der Waals surface area contributed by atoms with E-state index in [2.05, 4.69) is 0 Å². The lowest BCUT2D eigenvalue weighted by molar-refractivity contribution is -0.145. The first-order valence-electron chi connectivity index (χ1n) is 16.4. The van der Waals surface area contributed by atoms with Crippen molar-refractivity contribution in [3.05, 3.63) is 133 Å². The zero-order valence-electron chi connectivity index (χ0n) is 27.9. The average Bonchev–Trinajstić information content (AvgIpc) is 3.13. The molecule has 0 heterocycles. The largest absolute Gasteiger partial charge is 0.467 e. The molecule has 0 saturated carbocycles. The van der Waals surface area contributed by atoms with Crippen molar-refractivity contribution in [2.24, 2.45) is 0 Å². The number of rotatable bonds is 13. The van der Waals surface area contributed by atoms with E-state index in [1.165, 1.54) is 12.0 Å². The number of fused-ring (bicyclic) bond motifs is 1. The summed E-state index contributed by atoms with van der Waals surface area (Å²) in [7, 11) is 1.31. The highest BCUT2D eigenvalue weighted by Crippen LogP contribution is 2.31. The summed E-state index contributed by atoms with van der Waals surface area (Å²) >= 11 is 0. The molecule has 3 atom stereocenters. The lowest BCUT2D eigenvalue weighted by Gasteiger charge is -2.39. The standard InChI is InChI=1S/C41H42N2O5/c1-5-48-41(46)38(27-20-31-14-8-6-9-15-31)42(37-26-23-33-18-12-13-19-35(33)28-37)29(2)39(44)43(30(3)40(45)47-4)36-24-21-34(22-25-36)32-16-10-7-11-17-32/h6-19,21-26,28-30,38H,5,20,27H2,1-4H3/t29-,30-,38-/m0/s1. The summed E-state index contributed by atoms with van der Waals surface area (Å²) in [6, 6.07) is 38.7. The molecule has 246 valence electrons. The molecule has 5 aromatic carbocycles. The van der Waals surface area contributed by atoms with Crippen LogP contribution >= 0.6 is 0 Å². The van der Waals surface area contributed by atoms with Crippen LogP contribution in [0, 0.1) is 0 Å². The molecule has 5 aromatic rings. The minimum Gasteiger partial charge on any atom is -0.467 e. The molecular formula is C41H42N2O5. The lowest BCUT2D eigenvalue weighted by atomic mass is 9.99. The van der Waals surface area contributed by atoms with E-state index in [1.807, 2.05) is 132 Å². The molecule has 48 heavy (non-hydrogen) atoms. The molecule has 0 unspecified atom stereocenters. The van der Waals surface area contributed by atoms with Crippen molar-refractivity contribution in [2.75, 3.05) is 23.5 Å². The third-order valence-electron chi connectivity index (χ3n) is 8.67. The second kappa shape index (κ2) is 15.9. The maximum absolute atomic E-state index is 14.8. The van der Waals surface area contributed by atoms with Crippen LogP contribution in [0.15, 0.2) is 127 Å². The Labute approximate surface area is 282 Å². The Hall–Kier alpha value is -5.43. The molecule has 0 fully saturated rings. The van der Waals surface area contributed by atoms with Gasteiger partial charge in [0.25, 0.3) is 0 Å². The number of hydrogen-bond donors (Lipinski definition) is 0. The number of nitrogens with zero attached hydrogens (tertiary/aromatic N) is 2. The molecule has 5 rings (SSSR count). The van der Waals surface area contributed by atoms with Crippen LogP contribution in [0.5, 0.6) is 0 Å². The van der Waals surface area contributed by atoms with E-state index in [9.17, 15) is 14.4 Å². The first kappa shape index (κ1) is 33.9. The Kier molecular flexibility index (Phi) is 11.2. The van der Waals surface area contributed by atoms with Crippen LogP contribution in [0.25, 0.3) is 21.9 Å². The van der Waals surface area contributed by atoms with Gasteiger partial charge in [-0.3, -0.25) is 9.69 Å². The van der Waals surface area contributed by atoms with Crippen LogP contribution in [0.4, 0.5) is 11.4 Å². The van der Waals surface area contributed by atoms with E-state index >= 15 is 0 Å². The van der Waals surface area contributed by atoms with Gasteiger partial charge in [-0.15, -0.1) is 0 Å². The highest BCUT2D eigenvalue weighted by molar-refractivity contribution is 6.04. The van der Waals surface area contributed by atoms with Crippen molar-refractivity contribution < 1.29 is 23.9 Å². The topological polar surface area (TPSA) is 76.2 Å². The molecule has 7 nitrogen and oxygen atoms in total. The van der Waals surface area contributed by atoms with Gasteiger partial charge >= 0.3 is 11.9 Å². The Bertz CT molecular complexity index is 1830. The number of carbonyl (C=O) groups excluding carboxylic acids is 3. The minimum absolute atomic E-state index is 0.202. The second-order valence-corrected chi connectivity index (χ2v) is 11.7. The summed E-state index contributed by atoms with van der Waals surface area (Å²) in [5.74, 6) is -1.32. The zero-order chi connectivity index (χ0) is 34.0. The van der Waals surface area contributed by atoms with Gasteiger partial charge in [0, 0.05) is 11.4 Å². The second-order valence-electron chi connectivity index (χ2n) is 11.7. The Morgan fingerprint density at radius 2 is 1.23 bits per heavy atom. The summed E-state index contributed by atoms with van der Waals surface area (Å²) in [6.45, 7) is 5.41. The maximum Gasteiger partial charge on any atom is 0.328 e. The predicted octanol–water partition coefficient (Wildman–Crippen LogP) is 7.86. The quantitative estimate of drug-likeness (QED) is 0.122. The summed E-state index contributed by atoms with van der Waals surface area (Å²) in [4.78, 5) is 45.0. The van der Waals surface area contributed by atoms with E-state index in [-0.39, 0.29) is 12.5 Å². The van der Waals surface area contributed by atoms with Crippen LogP contribution in [0.1, 0.15) is 32.8 Å². The van der Waals surface area contributed by atoms with E-state index in [0.29, 0.717) is 24.2 Å². The smallest absolute Gasteiger partial charge is 0.328 e. The van der Waals surface area contributed by atoms with Crippen LogP contribution < -0.4 is 9.80 Å². The van der Waals surface area contributed by atoms with Gasteiger partial charge in [0.05, 0.1) is 13.7 Å². The van der Waals surface area contributed by atoms with Crippen molar-refractivity contribution in [3.63, 3.8) is 0 Å². The molecule has 0 spiro atoms. The van der Waals surface area contributed by atoms with Gasteiger partial charge in [-0.2, -0.15) is 0 Å². The van der Waals surface area contributed by atoms with Crippen LogP contribution in [-0.4, -0.2) is 49.7 Å². The summed E-state index contributed by atoms with van der Waals surface area (Å²) < 4.78 is 10.8. The van der Waals surface area contributed by atoms with Crippen LogP contribution in [0.2, 0.25) is 0 Å². The number of methoxy groups -OCH3 is 1. The summed E-state index contributed by atoms with van der Waals surface area (Å²) in [5, 5.41) is 2.01. The van der Waals surface area contributed by atoms with Gasteiger partial charge in [0.15, 0.2) is 0 Å². The van der Waals surface area contributed by atoms with Crippen molar-refractivity contribution in [3.8, 4) is 11.1 Å². The number of amides is 1. The zero-order valence-corrected chi connectivity index (χ0v) is 27.9. The SMILES string of the molecule is CCOC(=O)[C@H](CCc1ccccc1)N(c1ccc2ccccc2c1)[C@@H](C)C(=O)N(c1ccc(-c2ccccc2)cc1)[C@@H](C)C(=O)OC. The van der Waals surface area contributed by atoms with Gasteiger partial charge in [-0.05, 0) is 85.3 Å². The number of benzene rings is 5. The number of esters is 2. The van der Waals surface area contributed by atoms with Crippen LogP contribution in [-0.2, 0) is 30.3 Å². The molecule has 1 amide bonds. The first-order chi connectivity index (χ1) is 23.3. The van der Waals surface area contributed by atoms with Crippen LogP contribution in [0.3, 0.4) is 0 Å². The molecular weight excluding hydrogens is 600 g/mol. The molecule has 0 aliphatic heterocycles. The fourth-order valence-electron chi connectivity index (χ4n) is 6.15. The highest BCUT2D eigenvalue weighted by atomic mass is 16.5. The molecule has 7 heteroatoms. The number of ether oxygens (including phenoxy) is 2. The van der Waals surface area contributed by atoms with Gasteiger partial charge in [-0.1, -0.05) is 103 Å². The number of carbonyl (C=O) groups is 3. The Balaban J connectivity index is 1.59. The molecule has 0 aliphatic carbocycles. The highest BCUT2D eigenvalue weighted by Gasteiger charge is 2.39. The molecule has 0 aliphatic rings. The van der Waals surface area contributed by atoms with Crippen molar-refractivity contribution in [1.82, 2.24) is 0 Å².